The van der Waals surface area contributed by atoms with E-state index in [1.54, 1.807) is 0 Å². The first kappa shape index (κ1) is 10.4. The molecule has 0 bridgehead atoms. The first-order chi connectivity index (χ1) is 6.22. The van der Waals surface area contributed by atoms with Crippen LogP contribution < -0.4 is 0 Å². The fourth-order valence-corrected chi connectivity index (χ4v) is 1.77. The summed E-state index contributed by atoms with van der Waals surface area (Å²) in [6.45, 7) is 0. The lowest BCUT2D eigenvalue weighted by Crippen LogP contribution is -1.99. The molecule has 1 rings (SSSR count). The number of carboxylic acids is 1. The van der Waals surface area contributed by atoms with E-state index in [4.69, 9.17) is 16.7 Å². The highest BCUT2D eigenvalue weighted by Gasteiger charge is 1.99. The van der Waals surface area contributed by atoms with E-state index in [0.717, 1.165) is 10.5 Å². The fourth-order valence-electron chi connectivity index (χ4n) is 0.941. The van der Waals surface area contributed by atoms with Gasteiger partial charge in [-0.2, -0.15) is 0 Å². The molecule has 0 spiro atoms. The second-order valence-electron chi connectivity index (χ2n) is 2.47. The molecule has 0 unspecified atom stereocenters. The van der Waals surface area contributed by atoms with Crippen LogP contribution in [-0.4, -0.2) is 16.3 Å². The number of carboxylic acid groups (broad SMARTS) is 1. The summed E-state index contributed by atoms with van der Waals surface area (Å²) in [6, 6.07) is 7.38. The number of halogens is 1. The van der Waals surface area contributed by atoms with Crippen molar-refractivity contribution in [1.29, 1.82) is 0 Å². The van der Waals surface area contributed by atoms with Crippen molar-refractivity contribution >= 4 is 29.3 Å². The molecule has 0 saturated carbocycles. The lowest BCUT2D eigenvalue weighted by Gasteiger charge is -1.99. The molecule has 0 radical (unpaired) electrons. The highest BCUT2D eigenvalue weighted by Crippen LogP contribution is 2.19. The average molecular weight is 217 g/mol. The van der Waals surface area contributed by atoms with E-state index in [1.807, 2.05) is 24.3 Å². The van der Waals surface area contributed by atoms with Crippen LogP contribution in [0.1, 0.15) is 5.56 Å². The molecular formula is C9H9ClO2S. The van der Waals surface area contributed by atoms with Crippen LogP contribution in [0.4, 0.5) is 0 Å². The Bertz CT molecular complexity index is 284. The zero-order valence-electron chi connectivity index (χ0n) is 6.87. The Balaban J connectivity index is 2.64. The minimum atomic E-state index is -0.808. The molecule has 1 aromatic rings. The maximum Gasteiger partial charge on any atom is 0.307 e. The molecule has 1 aromatic carbocycles. The summed E-state index contributed by atoms with van der Waals surface area (Å²) in [7, 11) is 0. The van der Waals surface area contributed by atoms with E-state index in [9.17, 15) is 4.79 Å². The summed E-state index contributed by atoms with van der Waals surface area (Å²) in [4.78, 5) is 11.4. The molecule has 2 nitrogen and oxygen atoms in total. The highest BCUT2D eigenvalue weighted by atomic mass is 35.5. The van der Waals surface area contributed by atoms with Crippen molar-refractivity contribution < 1.29 is 9.90 Å². The Morgan fingerprint density at radius 3 is 2.46 bits per heavy atom. The van der Waals surface area contributed by atoms with Crippen LogP contribution in [0.2, 0.25) is 0 Å². The van der Waals surface area contributed by atoms with Gasteiger partial charge in [-0.3, -0.25) is 4.79 Å². The largest absolute Gasteiger partial charge is 0.481 e. The van der Waals surface area contributed by atoms with Crippen molar-refractivity contribution in [2.24, 2.45) is 0 Å². The van der Waals surface area contributed by atoms with E-state index < -0.39 is 5.97 Å². The first-order valence-electron chi connectivity index (χ1n) is 3.72. The molecule has 0 aliphatic rings. The number of hydrogen-bond acceptors (Lipinski definition) is 2. The topological polar surface area (TPSA) is 37.3 Å². The van der Waals surface area contributed by atoms with Crippen LogP contribution in [0.15, 0.2) is 29.2 Å². The highest BCUT2D eigenvalue weighted by molar-refractivity contribution is 8.00. The van der Waals surface area contributed by atoms with Crippen LogP contribution in [0.5, 0.6) is 0 Å². The maximum absolute atomic E-state index is 10.4. The summed E-state index contributed by atoms with van der Waals surface area (Å²) in [5, 5.41) is 9.03. The van der Waals surface area contributed by atoms with Gasteiger partial charge in [-0.25, -0.2) is 0 Å². The van der Waals surface area contributed by atoms with Gasteiger partial charge in [-0.1, -0.05) is 12.1 Å². The third kappa shape index (κ3) is 3.70. The summed E-state index contributed by atoms with van der Waals surface area (Å²) in [5.74, 6) is -0.808. The first-order valence-corrected chi connectivity index (χ1v) is 5.24. The van der Waals surface area contributed by atoms with Gasteiger partial charge in [0.15, 0.2) is 0 Å². The summed E-state index contributed by atoms with van der Waals surface area (Å²) in [5.41, 5.74) is 0.812. The second-order valence-corrected chi connectivity index (χ2v) is 4.10. The van der Waals surface area contributed by atoms with Gasteiger partial charge in [-0.15, -0.1) is 23.4 Å². The molecule has 0 heterocycles. The molecule has 13 heavy (non-hydrogen) atoms. The van der Waals surface area contributed by atoms with E-state index in [-0.39, 0.29) is 6.42 Å². The Labute approximate surface area is 85.9 Å². The van der Waals surface area contributed by atoms with Gasteiger partial charge in [0.25, 0.3) is 0 Å². The number of alkyl halides is 1. The Morgan fingerprint density at radius 2 is 2.00 bits per heavy atom. The van der Waals surface area contributed by atoms with Gasteiger partial charge in [-0.05, 0) is 17.7 Å². The fraction of sp³-hybridized carbons (Fsp3) is 0.222. The molecule has 0 amide bonds. The average Bonchev–Trinajstić information content (AvgIpc) is 2.08. The Morgan fingerprint density at radius 1 is 1.38 bits per heavy atom. The normalized spacial score (nSPS) is 9.92. The van der Waals surface area contributed by atoms with Crippen LogP contribution in [-0.2, 0) is 11.2 Å². The third-order valence-electron chi connectivity index (χ3n) is 1.50. The summed E-state index contributed by atoms with van der Waals surface area (Å²) in [6.07, 6.45) is 0.0752. The van der Waals surface area contributed by atoms with Crippen LogP contribution >= 0.6 is 23.4 Å². The van der Waals surface area contributed by atoms with Crippen molar-refractivity contribution in [2.75, 3.05) is 5.21 Å². The lowest BCUT2D eigenvalue weighted by atomic mass is 10.2. The number of benzene rings is 1. The molecule has 1 N–H and O–H groups in total. The van der Waals surface area contributed by atoms with Crippen molar-refractivity contribution in [3.05, 3.63) is 29.8 Å². The van der Waals surface area contributed by atoms with Crippen molar-refractivity contribution in [2.45, 2.75) is 11.3 Å². The molecule has 0 atom stereocenters. The second kappa shape index (κ2) is 5.14. The smallest absolute Gasteiger partial charge is 0.307 e. The predicted octanol–water partition coefficient (Wildman–Crippen LogP) is 2.60. The predicted molar refractivity (Wildman–Crippen MR) is 54.4 cm³/mol. The minimum absolute atomic E-state index is 0.0752. The molecule has 0 fully saturated rings. The van der Waals surface area contributed by atoms with Gasteiger partial charge in [0.2, 0.25) is 0 Å². The molecule has 0 aliphatic heterocycles. The van der Waals surface area contributed by atoms with Crippen molar-refractivity contribution in [3.63, 3.8) is 0 Å². The van der Waals surface area contributed by atoms with E-state index >= 15 is 0 Å². The van der Waals surface area contributed by atoms with Gasteiger partial charge >= 0.3 is 5.97 Å². The molecule has 0 aliphatic carbocycles. The zero-order chi connectivity index (χ0) is 9.68. The van der Waals surface area contributed by atoms with Gasteiger partial charge in [0.05, 0.1) is 11.6 Å². The van der Waals surface area contributed by atoms with Gasteiger partial charge in [0.1, 0.15) is 0 Å². The zero-order valence-corrected chi connectivity index (χ0v) is 8.44. The minimum Gasteiger partial charge on any atom is -0.481 e. The molecule has 4 heteroatoms. The van der Waals surface area contributed by atoms with Crippen LogP contribution in [0.3, 0.4) is 0 Å². The van der Waals surface area contributed by atoms with E-state index in [2.05, 4.69) is 0 Å². The van der Waals surface area contributed by atoms with Gasteiger partial charge in [0, 0.05) is 4.90 Å². The van der Waals surface area contributed by atoms with E-state index in [1.165, 1.54) is 11.8 Å². The molecule has 70 valence electrons. The molecule has 0 aromatic heterocycles. The number of carbonyl (C=O) groups is 1. The third-order valence-corrected chi connectivity index (χ3v) is 2.54. The molecule has 0 saturated heterocycles. The van der Waals surface area contributed by atoms with Crippen LogP contribution in [0, 0.1) is 0 Å². The van der Waals surface area contributed by atoms with Crippen LogP contribution in [0.25, 0.3) is 0 Å². The summed E-state index contributed by atoms with van der Waals surface area (Å²) < 4.78 is 0. The number of hydrogen-bond donors (Lipinski definition) is 1. The number of aliphatic carboxylic acids is 1. The Hall–Kier alpha value is -0.670. The molecular weight excluding hydrogens is 208 g/mol. The number of rotatable bonds is 4. The quantitative estimate of drug-likeness (QED) is 0.621. The Kier molecular flexibility index (Phi) is 4.12. The standard InChI is InChI=1S/C9H9ClO2S/c10-6-13-8-3-1-7(2-4-8)5-9(11)12/h1-4H,5-6H2,(H,11,12). The van der Waals surface area contributed by atoms with E-state index in [0.29, 0.717) is 5.21 Å². The SMILES string of the molecule is O=C(O)Cc1ccc(SCCl)cc1. The summed E-state index contributed by atoms with van der Waals surface area (Å²) >= 11 is 7.05. The lowest BCUT2D eigenvalue weighted by molar-refractivity contribution is -0.136. The van der Waals surface area contributed by atoms with Gasteiger partial charge < -0.3 is 5.11 Å². The van der Waals surface area contributed by atoms with Crippen molar-refractivity contribution in [1.82, 2.24) is 0 Å². The van der Waals surface area contributed by atoms with Crippen molar-refractivity contribution in [3.8, 4) is 0 Å². The maximum atomic E-state index is 10.4. The monoisotopic (exact) mass is 216 g/mol. The number of thioether (sulfide) groups is 1.